The highest BCUT2D eigenvalue weighted by Gasteiger charge is 2.23. The van der Waals surface area contributed by atoms with Crippen LogP contribution in [-0.2, 0) is 0 Å². The van der Waals surface area contributed by atoms with Crippen molar-refractivity contribution in [3.8, 4) is 11.9 Å². The van der Waals surface area contributed by atoms with E-state index in [1.54, 1.807) is 31.4 Å². The molecule has 0 radical (unpaired) electrons. The third-order valence-corrected chi connectivity index (χ3v) is 4.16. The zero-order valence-corrected chi connectivity index (χ0v) is 14.3. The molecule has 0 N–H and O–H groups in total. The lowest BCUT2D eigenvalue weighted by Gasteiger charge is -2.35. The number of methoxy groups -OCH3 is 1. The molecule has 2 aromatic rings. The number of amides is 1. The summed E-state index contributed by atoms with van der Waals surface area (Å²) in [7, 11) is 1.58. The van der Waals surface area contributed by atoms with Gasteiger partial charge in [0.1, 0.15) is 11.6 Å². The zero-order chi connectivity index (χ0) is 17.8. The number of benzene rings is 1. The van der Waals surface area contributed by atoms with Crippen molar-refractivity contribution >= 4 is 11.7 Å². The predicted octanol–water partition coefficient (Wildman–Crippen LogP) is 1.63. The predicted molar refractivity (Wildman–Crippen MR) is 92.6 cm³/mol. The Hall–Kier alpha value is -3.14. The summed E-state index contributed by atoms with van der Waals surface area (Å²) in [5, 5.41) is 8.84. The molecular weight excluding hydrogens is 318 g/mol. The van der Waals surface area contributed by atoms with Gasteiger partial charge in [-0.2, -0.15) is 10.2 Å². The fourth-order valence-corrected chi connectivity index (χ4v) is 2.80. The Kier molecular flexibility index (Phi) is 4.80. The SMILES string of the molecule is COc1cc(N2CCN(C(=O)c3ccc(C#N)cc3)CC2)nc(C)n1. The smallest absolute Gasteiger partial charge is 0.253 e. The number of anilines is 1. The molecule has 128 valence electrons. The number of rotatable bonds is 3. The molecule has 1 fully saturated rings. The standard InChI is InChI=1S/C18H19N5O2/c1-13-20-16(11-17(21-13)25-2)22-7-9-23(10-8-22)18(24)15-5-3-14(12-19)4-6-15/h3-6,11H,7-10H2,1-2H3. The van der Waals surface area contributed by atoms with Gasteiger partial charge in [0.15, 0.2) is 0 Å². The first kappa shape index (κ1) is 16.7. The maximum absolute atomic E-state index is 12.6. The average Bonchev–Trinajstić information content (AvgIpc) is 2.67. The molecule has 0 unspecified atom stereocenters. The van der Waals surface area contributed by atoms with E-state index < -0.39 is 0 Å². The number of carbonyl (C=O) groups is 1. The van der Waals surface area contributed by atoms with Gasteiger partial charge < -0.3 is 14.5 Å². The molecule has 2 heterocycles. The normalized spacial score (nSPS) is 14.1. The van der Waals surface area contributed by atoms with Crippen LogP contribution in [0.1, 0.15) is 21.7 Å². The molecule has 7 heteroatoms. The third kappa shape index (κ3) is 3.69. The van der Waals surface area contributed by atoms with Gasteiger partial charge in [-0.25, -0.2) is 4.98 Å². The topological polar surface area (TPSA) is 82.4 Å². The molecule has 7 nitrogen and oxygen atoms in total. The monoisotopic (exact) mass is 337 g/mol. The number of carbonyl (C=O) groups excluding carboxylic acids is 1. The minimum atomic E-state index is -0.0133. The summed E-state index contributed by atoms with van der Waals surface area (Å²) < 4.78 is 5.20. The highest BCUT2D eigenvalue weighted by Crippen LogP contribution is 2.19. The Morgan fingerprint density at radius 1 is 1.16 bits per heavy atom. The maximum atomic E-state index is 12.6. The van der Waals surface area contributed by atoms with Crippen molar-refractivity contribution in [2.45, 2.75) is 6.92 Å². The number of ether oxygens (including phenoxy) is 1. The van der Waals surface area contributed by atoms with E-state index in [-0.39, 0.29) is 5.91 Å². The molecule has 1 aromatic carbocycles. The molecule has 0 spiro atoms. The van der Waals surface area contributed by atoms with Crippen molar-refractivity contribution in [3.63, 3.8) is 0 Å². The van der Waals surface area contributed by atoms with Gasteiger partial charge in [-0.05, 0) is 31.2 Å². The van der Waals surface area contributed by atoms with Gasteiger partial charge in [0.05, 0.1) is 18.7 Å². The van der Waals surface area contributed by atoms with Crippen molar-refractivity contribution in [1.82, 2.24) is 14.9 Å². The molecule has 1 amide bonds. The van der Waals surface area contributed by atoms with Gasteiger partial charge in [0, 0.05) is 37.8 Å². The summed E-state index contributed by atoms with van der Waals surface area (Å²) in [5.41, 5.74) is 1.15. The van der Waals surface area contributed by atoms with Crippen LogP contribution in [0, 0.1) is 18.3 Å². The molecule has 1 aromatic heterocycles. The summed E-state index contributed by atoms with van der Waals surface area (Å²) >= 11 is 0. The Bertz CT molecular complexity index is 805. The van der Waals surface area contributed by atoms with Crippen LogP contribution >= 0.6 is 0 Å². The van der Waals surface area contributed by atoms with E-state index in [0.717, 1.165) is 5.82 Å². The molecule has 1 saturated heterocycles. The molecule has 0 bridgehead atoms. The van der Waals surface area contributed by atoms with E-state index in [4.69, 9.17) is 10.00 Å². The minimum absolute atomic E-state index is 0.0133. The average molecular weight is 337 g/mol. The van der Waals surface area contributed by atoms with E-state index >= 15 is 0 Å². The third-order valence-electron chi connectivity index (χ3n) is 4.16. The number of aryl methyl sites for hydroxylation is 1. The Morgan fingerprint density at radius 2 is 1.84 bits per heavy atom. The number of hydrogen-bond acceptors (Lipinski definition) is 6. The Balaban J connectivity index is 1.66. The number of aromatic nitrogens is 2. The van der Waals surface area contributed by atoms with Gasteiger partial charge in [-0.15, -0.1) is 0 Å². The van der Waals surface area contributed by atoms with E-state index in [2.05, 4.69) is 20.9 Å². The second kappa shape index (κ2) is 7.18. The van der Waals surface area contributed by atoms with Crippen LogP contribution in [0.5, 0.6) is 5.88 Å². The number of piperazine rings is 1. The second-order valence-corrected chi connectivity index (χ2v) is 5.78. The lowest BCUT2D eigenvalue weighted by atomic mass is 10.1. The highest BCUT2D eigenvalue weighted by molar-refractivity contribution is 5.94. The van der Waals surface area contributed by atoms with Crippen LogP contribution < -0.4 is 9.64 Å². The lowest BCUT2D eigenvalue weighted by Crippen LogP contribution is -2.49. The lowest BCUT2D eigenvalue weighted by molar-refractivity contribution is 0.0746. The van der Waals surface area contributed by atoms with Crippen LogP contribution in [0.15, 0.2) is 30.3 Å². The summed E-state index contributed by atoms with van der Waals surface area (Å²) in [5.74, 6) is 2.00. The molecule has 0 saturated carbocycles. The number of nitrogens with zero attached hydrogens (tertiary/aromatic N) is 5. The molecule has 0 atom stereocenters. The van der Waals surface area contributed by atoms with Crippen molar-refractivity contribution < 1.29 is 9.53 Å². The van der Waals surface area contributed by atoms with Gasteiger partial charge in [0.2, 0.25) is 5.88 Å². The van der Waals surface area contributed by atoms with Gasteiger partial charge >= 0.3 is 0 Å². The summed E-state index contributed by atoms with van der Waals surface area (Å²) in [6.07, 6.45) is 0. The fraction of sp³-hybridized carbons (Fsp3) is 0.333. The minimum Gasteiger partial charge on any atom is -0.481 e. The second-order valence-electron chi connectivity index (χ2n) is 5.78. The molecular formula is C18H19N5O2. The van der Waals surface area contributed by atoms with Crippen molar-refractivity contribution in [2.75, 3.05) is 38.2 Å². The molecule has 0 aliphatic carbocycles. The van der Waals surface area contributed by atoms with E-state index in [1.807, 2.05) is 17.9 Å². The van der Waals surface area contributed by atoms with Crippen LogP contribution in [0.25, 0.3) is 0 Å². The van der Waals surface area contributed by atoms with Crippen LogP contribution in [0.4, 0.5) is 5.82 Å². The highest BCUT2D eigenvalue weighted by atomic mass is 16.5. The van der Waals surface area contributed by atoms with Crippen LogP contribution in [0.3, 0.4) is 0 Å². The van der Waals surface area contributed by atoms with Crippen LogP contribution in [-0.4, -0.2) is 54.1 Å². The van der Waals surface area contributed by atoms with E-state index in [0.29, 0.717) is 49.0 Å². The fourth-order valence-electron chi connectivity index (χ4n) is 2.80. The molecule has 1 aliphatic rings. The molecule has 25 heavy (non-hydrogen) atoms. The van der Waals surface area contributed by atoms with Gasteiger partial charge in [-0.1, -0.05) is 0 Å². The first-order valence-corrected chi connectivity index (χ1v) is 8.05. The number of nitriles is 1. The van der Waals surface area contributed by atoms with Gasteiger partial charge in [-0.3, -0.25) is 4.79 Å². The number of hydrogen-bond donors (Lipinski definition) is 0. The Morgan fingerprint density at radius 3 is 2.44 bits per heavy atom. The largest absolute Gasteiger partial charge is 0.481 e. The van der Waals surface area contributed by atoms with Gasteiger partial charge in [0.25, 0.3) is 5.91 Å². The molecule has 1 aliphatic heterocycles. The quantitative estimate of drug-likeness (QED) is 0.846. The summed E-state index contributed by atoms with van der Waals surface area (Å²) in [4.78, 5) is 25.2. The summed E-state index contributed by atoms with van der Waals surface area (Å²) in [6.45, 7) is 4.45. The first-order chi connectivity index (χ1) is 12.1. The first-order valence-electron chi connectivity index (χ1n) is 8.05. The zero-order valence-electron chi connectivity index (χ0n) is 14.3. The Labute approximate surface area is 146 Å². The van der Waals surface area contributed by atoms with Crippen molar-refractivity contribution in [3.05, 3.63) is 47.3 Å². The maximum Gasteiger partial charge on any atom is 0.253 e. The summed E-state index contributed by atoms with van der Waals surface area (Å²) in [6, 6.07) is 10.6. The van der Waals surface area contributed by atoms with E-state index in [9.17, 15) is 4.79 Å². The van der Waals surface area contributed by atoms with Crippen molar-refractivity contribution in [2.24, 2.45) is 0 Å². The van der Waals surface area contributed by atoms with Crippen molar-refractivity contribution in [1.29, 1.82) is 5.26 Å². The van der Waals surface area contributed by atoms with E-state index in [1.165, 1.54) is 0 Å². The molecule has 3 rings (SSSR count). The van der Waals surface area contributed by atoms with Crippen LogP contribution in [0.2, 0.25) is 0 Å².